The maximum Gasteiger partial charge on any atom is 0.191 e. The van der Waals surface area contributed by atoms with Gasteiger partial charge in [-0.15, -0.1) is 0 Å². The Hall–Kier alpha value is -0.123. The largest absolute Gasteiger partial charge is 0.417 e. The summed E-state index contributed by atoms with van der Waals surface area (Å²) >= 11 is 0. The molecule has 102 valence electrons. The molecule has 0 aliphatic rings. The summed E-state index contributed by atoms with van der Waals surface area (Å²) in [6.07, 6.45) is 5.42. The lowest BCUT2D eigenvalue weighted by molar-refractivity contribution is 0.279. The van der Waals surface area contributed by atoms with E-state index in [0.717, 1.165) is 31.4 Å². The van der Waals surface area contributed by atoms with Crippen molar-refractivity contribution >= 4 is 8.32 Å². The van der Waals surface area contributed by atoms with Crippen LogP contribution in [0.5, 0.6) is 0 Å². The molecule has 0 bridgehead atoms. The van der Waals surface area contributed by atoms with Crippen molar-refractivity contribution in [2.24, 2.45) is 0 Å². The zero-order chi connectivity index (χ0) is 13.5. The van der Waals surface area contributed by atoms with Crippen molar-refractivity contribution in [3.63, 3.8) is 0 Å². The van der Waals surface area contributed by atoms with Gasteiger partial charge >= 0.3 is 0 Å². The number of aliphatic hydroxyl groups excluding tert-OH is 1. The Kier molecular flexibility index (Phi) is 7.29. The Balaban J connectivity index is 3.73. The summed E-state index contributed by atoms with van der Waals surface area (Å²) in [5.74, 6) is 0. The van der Waals surface area contributed by atoms with Gasteiger partial charge in [-0.05, 0) is 44.3 Å². The third-order valence-corrected chi connectivity index (χ3v) is 8.15. The van der Waals surface area contributed by atoms with Gasteiger partial charge in [0.1, 0.15) is 0 Å². The van der Waals surface area contributed by atoms with Crippen LogP contribution in [0.15, 0.2) is 11.6 Å². The highest BCUT2D eigenvalue weighted by Crippen LogP contribution is 2.36. The van der Waals surface area contributed by atoms with Gasteiger partial charge in [0, 0.05) is 6.61 Å². The van der Waals surface area contributed by atoms with E-state index < -0.39 is 8.32 Å². The van der Waals surface area contributed by atoms with Crippen LogP contribution in [0, 0.1) is 0 Å². The predicted octanol–water partition coefficient (Wildman–Crippen LogP) is 4.12. The first-order valence-electron chi connectivity index (χ1n) is 6.61. The molecule has 0 saturated carbocycles. The summed E-state index contributed by atoms with van der Waals surface area (Å²) in [6, 6.07) is 0. The van der Waals surface area contributed by atoms with Crippen molar-refractivity contribution < 1.29 is 9.53 Å². The van der Waals surface area contributed by atoms with Gasteiger partial charge in [0.05, 0.1) is 6.61 Å². The van der Waals surface area contributed by atoms with Crippen LogP contribution in [0.1, 0.15) is 47.0 Å². The molecule has 1 N–H and O–H groups in total. The normalized spacial score (nSPS) is 14.2. The highest BCUT2D eigenvalue weighted by Gasteiger charge is 2.36. The topological polar surface area (TPSA) is 29.5 Å². The Morgan fingerprint density at radius 2 is 1.82 bits per heavy atom. The fourth-order valence-electron chi connectivity index (χ4n) is 1.20. The van der Waals surface area contributed by atoms with Crippen LogP contribution >= 0.6 is 0 Å². The average Bonchev–Trinajstić information content (AvgIpc) is 2.21. The van der Waals surface area contributed by atoms with E-state index in [0.29, 0.717) is 5.04 Å². The number of unbranched alkanes of at least 4 members (excludes halogenated alkanes) is 2. The zero-order valence-corrected chi connectivity index (χ0v) is 13.5. The molecule has 0 amide bonds. The quantitative estimate of drug-likeness (QED) is 0.423. The van der Waals surface area contributed by atoms with Gasteiger partial charge in [0.15, 0.2) is 8.32 Å². The van der Waals surface area contributed by atoms with Crippen LogP contribution in [-0.4, -0.2) is 26.6 Å². The van der Waals surface area contributed by atoms with Gasteiger partial charge in [0.2, 0.25) is 0 Å². The van der Waals surface area contributed by atoms with Gasteiger partial charge in [-0.2, -0.15) is 0 Å². The second-order valence-electron chi connectivity index (χ2n) is 6.31. The molecule has 0 aromatic heterocycles. The standard InChI is InChI=1S/C14H30O2Si/c1-13(12-15)10-8-7-9-11-16-17(5,6)14(2,3)4/h10,15H,7-9,11-12H2,1-6H3/b13-10+. The summed E-state index contributed by atoms with van der Waals surface area (Å²) in [7, 11) is -1.55. The van der Waals surface area contributed by atoms with Gasteiger partial charge in [-0.25, -0.2) is 0 Å². The van der Waals surface area contributed by atoms with Crippen LogP contribution in [0.2, 0.25) is 18.1 Å². The lowest BCUT2D eigenvalue weighted by Crippen LogP contribution is -2.40. The van der Waals surface area contributed by atoms with Crippen LogP contribution < -0.4 is 0 Å². The van der Waals surface area contributed by atoms with E-state index in [1.807, 2.05) is 6.92 Å². The maximum atomic E-state index is 8.85. The van der Waals surface area contributed by atoms with Gasteiger partial charge in [-0.3, -0.25) is 0 Å². The molecular weight excluding hydrogens is 228 g/mol. The van der Waals surface area contributed by atoms with Crippen LogP contribution in [0.3, 0.4) is 0 Å². The molecule has 0 aromatic carbocycles. The minimum atomic E-state index is -1.55. The summed E-state index contributed by atoms with van der Waals surface area (Å²) in [4.78, 5) is 0. The highest BCUT2D eigenvalue weighted by molar-refractivity contribution is 6.74. The Bertz CT molecular complexity index is 239. The monoisotopic (exact) mass is 258 g/mol. The molecule has 3 heteroatoms. The average molecular weight is 258 g/mol. The molecule has 0 radical (unpaired) electrons. The minimum Gasteiger partial charge on any atom is -0.417 e. The van der Waals surface area contributed by atoms with E-state index in [1.165, 1.54) is 0 Å². The molecule has 2 nitrogen and oxygen atoms in total. The van der Waals surface area contributed by atoms with Crippen molar-refractivity contribution in [2.45, 2.75) is 65.1 Å². The fourth-order valence-corrected chi connectivity index (χ4v) is 2.29. The van der Waals surface area contributed by atoms with Crippen molar-refractivity contribution in [1.29, 1.82) is 0 Å². The fraction of sp³-hybridized carbons (Fsp3) is 0.857. The number of hydrogen-bond donors (Lipinski definition) is 1. The second kappa shape index (κ2) is 7.34. The first-order valence-corrected chi connectivity index (χ1v) is 9.52. The number of hydrogen-bond acceptors (Lipinski definition) is 2. The first-order chi connectivity index (χ1) is 7.70. The molecule has 0 unspecified atom stereocenters. The third-order valence-electron chi connectivity index (χ3n) is 3.61. The van der Waals surface area contributed by atoms with E-state index >= 15 is 0 Å². The van der Waals surface area contributed by atoms with Crippen molar-refractivity contribution in [3.05, 3.63) is 11.6 Å². The zero-order valence-electron chi connectivity index (χ0n) is 12.5. The van der Waals surface area contributed by atoms with E-state index in [4.69, 9.17) is 9.53 Å². The third kappa shape index (κ3) is 7.01. The van der Waals surface area contributed by atoms with Gasteiger partial charge in [-0.1, -0.05) is 32.4 Å². The SMILES string of the molecule is C/C(=C\CCCCO[Si](C)(C)C(C)(C)C)CO. The molecule has 0 atom stereocenters. The molecule has 0 heterocycles. The highest BCUT2D eigenvalue weighted by atomic mass is 28.4. The Labute approximate surface area is 108 Å². The van der Waals surface area contributed by atoms with Gasteiger partial charge in [0.25, 0.3) is 0 Å². The molecule has 0 aliphatic heterocycles. The first kappa shape index (κ1) is 16.9. The summed E-state index contributed by atoms with van der Waals surface area (Å²) in [5.41, 5.74) is 1.07. The predicted molar refractivity (Wildman–Crippen MR) is 77.8 cm³/mol. The number of aliphatic hydroxyl groups is 1. The molecule has 0 rings (SSSR count). The van der Waals surface area contributed by atoms with E-state index in [-0.39, 0.29) is 6.61 Å². The van der Waals surface area contributed by atoms with Crippen LogP contribution in [-0.2, 0) is 4.43 Å². The molecule has 0 fully saturated rings. The van der Waals surface area contributed by atoms with E-state index in [1.54, 1.807) is 0 Å². The lowest BCUT2D eigenvalue weighted by atomic mass is 10.2. The Morgan fingerprint density at radius 1 is 1.24 bits per heavy atom. The number of rotatable bonds is 7. The van der Waals surface area contributed by atoms with Crippen molar-refractivity contribution in [3.8, 4) is 0 Å². The summed E-state index contributed by atoms with van der Waals surface area (Å²) in [5, 5.41) is 9.15. The summed E-state index contributed by atoms with van der Waals surface area (Å²) < 4.78 is 6.10. The smallest absolute Gasteiger partial charge is 0.191 e. The van der Waals surface area contributed by atoms with Crippen molar-refractivity contribution in [2.75, 3.05) is 13.2 Å². The number of allylic oxidation sites excluding steroid dienone is 1. The summed E-state index contributed by atoms with van der Waals surface area (Å²) in [6.45, 7) is 14.4. The Morgan fingerprint density at radius 3 is 2.29 bits per heavy atom. The van der Waals surface area contributed by atoms with E-state index in [9.17, 15) is 0 Å². The molecule has 0 saturated heterocycles. The molecular formula is C14H30O2Si. The van der Waals surface area contributed by atoms with Gasteiger partial charge < -0.3 is 9.53 Å². The minimum absolute atomic E-state index is 0.181. The van der Waals surface area contributed by atoms with E-state index in [2.05, 4.69) is 39.9 Å². The molecule has 17 heavy (non-hydrogen) atoms. The molecule has 0 aromatic rings. The lowest BCUT2D eigenvalue weighted by Gasteiger charge is -2.36. The van der Waals surface area contributed by atoms with Crippen molar-refractivity contribution in [1.82, 2.24) is 0 Å². The molecule has 0 spiro atoms. The second-order valence-corrected chi connectivity index (χ2v) is 11.1. The maximum absolute atomic E-state index is 8.85. The van der Waals surface area contributed by atoms with Crippen LogP contribution in [0.25, 0.3) is 0 Å². The van der Waals surface area contributed by atoms with Crippen LogP contribution in [0.4, 0.5) is 0 Å². The molecule has 0 aliphatic carbocycles.